The van der Waals surface area contributed by atoms with Gasteiger partial charge in [-0.25, -0.2) is 4.79 Å². The number of carbonyl (C=O) groups excluding carboxylic acids is 1. The fourth-order valence-electron chi connectivity index (χ4n) is 1.16. The third-order valence-corrected chi connectivity index (χ3v) is 3.41. The molecule has 0 saturated heterocycles. The zero-order chi connectivity index (χ0) is 13.0. The average Bonchev–Trinajstić information content (AvgIpc) is 2.30. The summed E-state index contributed by atoms with van der Waals surface area (Å²) < 4.78 is 6.06. The molecule has 0 saturated carbocycles. The molecule has 0 spiro atoms. The second kappa shape index (κ2) is 6.09. The summed E-state index contributed by atoms with van der Waals surface area (Å²) in [5, 5.41) is 2.87. The number of nitrogens with zero attached hydrogens (tertiary/aromatic N) is 1. The lowest BCUT2D eigenvalue weighted by Gasteiger charge is -2.22. The Morgan fingerprint density at radius 1 is 1.47 bits per heavy atom. The second-order valence-electron chi connectivity index (χ2n) is 3.98. The van der Waals surface area contributed by atoms with Crippen molar-refractivity contribution in [2.24, 2.45) is 0 Å². The Morgan fingerprint density at radius 2 is 2.12 bits per heavy atom. The summed E-state index contributed by atoms with van der Waals surface area (Å²) >= 11 is 2.17. The van der Waals surface area contributed by atoms with Crippen LogP contribution in [0.5, 0.6) is 5.75 Å². The van der Waals surface area contributed by atoms with Gasteiger partial charge in [0.15, 0.2) is 0 Å². The summed E-state index contributed by atoms with van der Waals surface area (Å²) in [5.41, 5.74) is 0.795. The predicted molar refractivity (Wildman–Crippen MR) is 77.6 cm³/mol. The molecule has 0 aliphatic rings. The molecule has 0 fully saturated rings. The zero-order valence-corrected chi connectivity index (χ0v) is 12.6. The molecule has 0 aromatic heterocycles. The van der Waals surface area contributed by atoms with Crippen LogP contribution in [0, 0.1) is 3.57 Å². The van der Waals surface area contributed by atoms with Crippen molar-refractivity contribution >= 4 is 34.3 Å². The van der Waals surface area contributed by atoms with Gasteiger partial charge >= 0.3 is 6.03 Å². The summed E-state index contributed by atoms with van der Waals surface area (Å²) in [6.07, 6.45) is 0. The van der Waals surface area contributed by atoms with E-state index in [0.29, 0.717) is 0 Å². The average molecular weight is 348 g/mol. The Bertz CT molecular complexity index is 407. The SMILES string of the molecule is COc1ccc(NC(=O)N(C)C(C)C)c(I)c1. The highest BCUT2D eigenvalue weighted by Gasteiger charge is 2.13. The maximum atomic E-state index is 11.8. The molecule has 94 valence electrons. The first-order valence-electron chi connectivity index (χ1n) is 5.33. The number of rotatable bonds is 3. The Hall–Kier alpha value is -0.980. The number of methoxy groups -OCH3 is 1. The molecule has 5 heteroatoms. The van der Waals surface area contributed by atoms with Crippen molar-refractivity contribution in [1.82, 2.24) is 4.90 Å². The predicted octanol–water partition coefficient (Wildman–Crippen LogP) is 3.17. The molecule has 1 N–H and O–H groups in total. The second-order valence-corrected chi connectivity index (χ2v) is 5.14. The van der Waals surface area contributed by atoms with Crippen LogP contribution in [-0.4, -0.2) is 31.1 Å². The molecule has 0 radical (unpaired) electrons. The van der Waals surface area contributed by atoms with E-state index in [1.54, 1.807) is 19.1 Å². The number of benzene rings is 1. The summed E-state index contributed by atoms with van der Waals surface area (Å²) in [4.78, 5) is 13.5. The molecule has 0 heterocycles. The van der Waals surface area contributed by atoms with E-state index >= 15 is 0 Å². The lowest BCUT2D eigenvalue weighted by molar-refractivity contribution is 0.211. The molecule has 0 bridgehead atoms. The van der Waals surface area contributed by atoms with E-state index in [0.717, 1.165) is 15.0 Å². The molecule has 1 aromatic carbocycles. The van der Waals surface area contributed by atoms with Gasteiger partial charge in [0.1, 0.15) is 5.75 Å². The van der Waals surface area contributed by atoms with Gasteiger partial charge in [-0.15, -0.1) is 0 Å². The quantitative estimate of drug-likeness (QED) is 0.853. The standard InChI is InChI=1S/C12H17IN2O2/c1-8(2)15(3)12(16)14-11-6-5-9(17-4)7-10(11)13/h5-8H,1-4H3,(H,14,16). The van der Waals surface area contributed by atoms with E-state index in [4.69, 9.17) is 4.74 Å². The number of amides is 2. The third-order valence-electron chi connectivity index (χ3n) is 2.51. The monoisotopic (exact) mass is 348 g/mol. The van der Waals surface area contributed by atoms with Gasteiger partial charge in [-0.2, -0.15) is 0 Å². The number of nitrogens with one attached hydrogen (secondary N) is 1. The Labute approximate surface area is 115 Å². The number of anilines is 1. The molecular weight excluding hydrogens is 331 g/mol. The highest BCUT2D eigenvalue weighted by atomic mass is 127. The highest BCUT2D eigenvalue weighted by Crippen LogP contribution is 2.23. The fraction of sp³-hybridized carbons (Fsp3) is 0.417. The van der Waals surface area contributed by atoms with Gasteiger partial charge in [-0.3, -0.25) is 0 Å². The van der Waals surface area contributed by atoms with Crippen LogP contribution in [-0.2, 0) is 0 Å². The maximum absolute atomic E-state index is 11.8. The molecular formula is C12H17IN2O2. The molecule has 0 atom stereocenters. The van der Waals surface area contributed by atoms with Crippen molar-refractivity contribution in [3.05, 3.63) is 21.8 Å². The maximum Gasteiger partial charge on any atom is 0.321 e. The van der Waals surface area contributed by atoms with Crippen LogP contribution in [0.15, 0.2) is 18.2 Å². The number of hydrogen-bond donors (Lipinski definition) is 1. The molecule has 0 aliphatic heterocycles. The summed E-state index contributed by atoms with van der Waals surface area (Å²) in [5.74, 6) is 0.782. The van der Waals surface area contributed by atoms with Crippen molar-refractivity contribution in [3.8, 4) is 5.75 Å². The van der Waals surface area contributed by atoms with Gasteiger partial charge in [0.25, 0.3) is 0 Å². The van der Waals surface area contributed by atoms with Crippen LogP contribution in [0.3, 0.4) is 0 Å². The molecule has 1 aromatic rings. The summed E-state index contributed by atoms with van der Waals surface area (Å²) in [7, 11) is 3.40. The Kier molecular flexibility index (Phi) is 5.04. The molecule has 4 nitrogen and oxygen atoms in total. The van der Waals surface area contributed by atoms with E-state index in [-0.39, 0.29) is 12.1 Å². The van der Waals surface area contributed by atoms with Crippen LogP contribution in [0.1, 0.15) is 13.8 Å². The number of carbonyl (C=O) groups is 1. The van der Waals surface area contributed by atoms with Gasteiger partial charge in [-0.1, -0.05) is 0 Å². The normalized spacial score (nSPS) is 10.2. The molecule has 17 heavy (non-hydrogen) atoms. The van der Waals surface area contributed by atoms with E-state index in [1.165, 1.54) is 0 Å². The summed E-state index contributed by atoms with van der Waals surface area (Å²) in [6.45, 7) is 3.94. The van der Waals surface area contributed by atoms with Crippen molar-refractivity contribution in [2.75, 3.05) is 19.5 Å². The zero-order valence-electron chi connectivity index (χ0n) is 10.5. The lowest BCUT2D eigenvalue weighted by atomic mass is 10.3. The highest BCUT2D eigenvalue weighted by molar-refractivity contribution is 14.1. The van der Waals surface area contributed by atoms with Crippen molar-refractivity contribution in [1.29, 1.82) is 0 Å². The Balaban J connectivity index is 2.78. The van der Waals surface area contributed by atoms with Gasteiger partial charge in [-0.05, 0) is 54.6 Å². The van der Waals surface area contributed by atoms with E-state index in [2.05, 4.69) is 27.9 Å². The largest absolute Gasteiger partial charge is 0.497 e. The van der Waals surface area contributed by atoms with Crippen LogP contribution in [0.25, 0.3) is 0 Å². The number of urea groups is 1. The number of ether oxygens (including phenoxy) is 1. The minimum Gasteiger partial charge on any atom is -0.497 e. The molecule has 0 unspecified atom stereocenters. The lowest BCUT2D eigenvalue weighted by Crippen LogP contribution is -2.36. The molecule has 0 aliphatic carbocycles. The van der Waals surface area contributed by atoms with Gasteiger partial charge in [0, 0.05) is 16.7 Å². The van der Waals surface area contributed by atoms with Crippen LogP contribution < -0.4 is 10.1 Å². The number of halogens is 1. The third kappa shape index (κ3) is 3.76. The van der Waals surface area contributed by atoms with Gasteiger partial charge < -0.3 is 15.0 Å². The van der Waals surface area contributed by atoms with Crippen LogP contribution in [0.4, 0.5) is 10.5 Å². The van der Waals surface area contributed by atoms with E-state index in [1.807, 2.05) is 32.0 Å². The first kappa shape index (κ1) is 14.1. The van der Waals surface area contributed by atoms with Gasteiger partial charge in [0.2, 0.25) is 0 Å². The molecule has 2 amide bonds. The fourth-order valence-corrected chi connectivity index (χ4v) is 1.78. The first-order chi connectivity index (χ1) is 7.95. The van der Waals surface area contributed by atoms with E-state index < -0.39 is 0 Å². The van der Waals surface area contributed by atoms with Crippen molar-refractivity contribution in [2.45, 2.75) is 19.9 Å². The minimum atomic E-state index is -0.108. The summed E-state index contributed by atoms with van der Waals surface area (Å²) in [6, 6.07) is 5.61. The number of hydrogen-bond acceptors (Lipinski definition) is 2. The minimum absolute atomic E-state index is 0.108. The van der Waals surface area contributed by atoms with Crippen LogP contribution in [0.2, 0.25) is 0 Å². The molecule has 1 rings (SSSR count). The van der Waals surface area contributed by atoms with Gasteiger partial charge in [0.05, 0.1) is 12.8 Å². The van der Waals surface area contributed by atoms with Crippen LogP contribution >= 0.6 is 22.6 Å². The Morgan fingerprint density at radius 3 is 2.59 bits per heavy atom. The van der Waals surface area contributed by atoms with Crippen molar-refractivity contribution in [3.63, 3.8) is 0 Å². The first-order valence-corrected chi connectivity index (χ1v) is 6.41. The topological polar surface area (TPSA) is 41.6 Å². The van der Waals surface area contributed by atoms with E-state index in [9.17, 15) is 4.79 Å². The smallest absolute Gasteiger partial charge is 0.321 e. The van der Waals surface area contributed by atoms with Crippen molar-refractivity contribution < 1.29 is 9.53 Å².